The normalized spacial score (nSPS) is 11.3. The lowest BCUT2D eigenvalue weighted by atomic mass is 10.2. The molecule has 3 N–H and O–H groups in total. The fourth-order valence-corrected chi connectivity index (χ4v) is 2.37. The van der Waals surface area contributed by atoms with Crippen LogP contribution in [0.2, 0.25) is 0 Å². The van der Waals surface area contributed by atoms with Gasteiger partial charge in [-0.05, 0) is 67.6 Å². The number of amides is 3. The molecule has 0 bridgehead atoms. The van der Waals surface area contributed by atoms with Gasteiger partial charge in [-0.2, -0.15) is 0 Å². The van der Waals surface area contributed by atoms with Gasteiger partial charge in [-0.3, -0.25) is 25.2 Å². The zero-order chi connectivity index (χ0) is 21.5. The first-order valence-electron chi connectivity index (χ1n) is 8.90. The van der Waals surface area contributed by atoms with Gasteiger partial charge in [-0.15, -0.1) is 0 Å². The second-order valence-electron chi connectivity index (χ2n) is 6.17. The molecule has 3 aromatic rings. The Labute approximate surface area is 171 Å². The van der Waals surface area contributed by atoms with Gasteiger partial charge in [0.05, 0.1) is 6.26 Å². The van der Waals surface area contributed by atoms with E-state index in [1.165, 1.54) is 67.8 Å². The van der Waals surface area contributed by atoms with Crippen LogP contribution in [0.5, 0.6) is 5.75 Å². The monoisotopic (exact) mass is 411 g/mol. The van der Waals surface area contributed by atoms with Crippen LogP contribution in [-0.4, -0.2) is 23.8 Å². The molecule has 0 saturated heterocycles. The lowest BCUT2D eigenvalue weighted by Crippen LogP contribution is -2.47. The van der Waals surface area contributed by atoms with Crippen LogP contribution >= 0.6 is 0 Å². The van der Waals surface area contributed by atoms with E-state index in [-0.39, 0.29) is 11.3 Å². The Morgan fingerprint density at radius 3 is 2.27 bits per heavy atom. The van der Waals surface area contributed by atoms with Gasteiger partial charge in [0.2, 0.25) is 0 Å². The topological polar surface area (TPSA) is 110 Å². The Bertz CT molecular complexity index is 1020. The molecule has 0 spiro atoms. The van der Waals surface area contributed by atoms with E-state index in [2.05, 4.69) is 16.2 Å². The Hall–Kier alpha value is -4.14. The van der Waals surface area contributed by atoms with E-state index in [0.717, 1.165) is 0 Å². The Morgan fingerprint density at radius 2 is 1.63 bits per heavy atom. The van der Waals surface area contributed by atoms with Crippen LogP contribution in [0, 0.1) is 5.82 Å². The summed E-state index contributed by atoms with van der Waals surface area (Å²) in [5, 5.41) is 2.63. The van der Waals surface area contributed by atoms with Gasteiger partial charge in [0.1, 0.15) is 11.6 Å². The molecule has 3 amide bonds. The first kappa shape index (κ1) is 20.6. The summed E-state index contributed by atoms with van der Waals surface area (Å²) in [6, 6.07) is 14.4. The molecule has 1 aromatic heterocycles. The van der Waals surface area contributed by atoms with Crippen molar-refractivity contribution in [1.29, 1.82) is 0 Å². The summed E-state index contributed by atoms with van der Waals surface area (Å²) in [5.41, 5.74) is 5.27. The zero-order valence-corrected chi connectivity index (χ0v) is 15.8. The molecule has 9 heteroatoms. The molecular formula is C21H18FN3O5. The van der Waals surface area contributed by atoms with Gasteiger partial charge in [0, 0.05) is 11.3 Å². The second-order valence-corrected chi connectivity index (χ2v) is 6.17. The van der Waals surface area contributed by atoms with E-state index < -0.39 is 29.6 Å². The molecule has 8 nitrogen and oxygen atoms in total. The fraction of sp³-hybridized carbons (Fsp3) is 0.0952. The molecular weight excluding hydrogens is 393 g/mol. The predicted octanol–water partition coefficient (Wildman–Crippen LogP) is 2.90. The zero-order valence-electron chi connectivity index (χ0n) is 15.8. The van der Waals surface area contributed by atoms with Crippen LogP contribution in [0.3, 0.4) is 0 Å². The lowest BCUT2D eigenvalue weighted by molar-refractivity contribution is -0.128. The van der Waals surface area contributed by atoms with Crippen molar-refractivity contribution in [1.82, 2.24) is 10.9 Å². The van der Waals surface area contributed by atoms with Crippen molar-refractivity contribution in [3.05, 3.63) is 84.1 Å². The highest BCUT2D eigenvalue weighted by Crippen LogP contribution is 2.13. The van der Waals surface area contributed by atoms with E-state index in [9.17, 15) is 18.8 Å². The van der Waals surface area contributed by atoms with E-state index in [1.807, 2.05) is 0 Å². The number of hydrazine groups is 1. The third-order valence-electron chi connectivity index (χ3n) is 3.94. The second kappa shape index (κ2) is 9.37. The fourth-order valence-electron chi connectivity index (χ4n) is 2.37. The smallest absolute Gasteiger partial charge is 0.291 e. The summed E-state index contributed by atoms with van der Waals surface area (Å²) in [7, 11) is 0. The van der Waals surface area contributed by atoms with E-state index >= 15 is 0 Å². The third-order valence-corrected chi connectivity index (χ3v) is 3.94. The Balaban J connectivity index is 1.48. The van der Waals surface area contributed by atoms with Crippen LogP contribution in [-0.2, 0) is 4.79 Å². The van der Waals surface area contributed by atoms with E-state index in [4.69, 9.17) is 9.15 Å². The minimum atomic E-state index is -0.921. The first-order valence-corrected chi connectivity index (χ1v) is 8.90. The number of nitrogens with one attached hydrogen (secondary N) is 3. The van der Waals surface area contributed by atoms with Crippen LogP contribution in [0.1, 0.15) is 27.8 Å². The molecule has 30 heavy (non-hydrogen) atoms. The maximum Gasteiger partial charge on any atom is 0.291 e. The van der Waals surface area contributed by atoms with E-state index in [1.54, 1.807) is 6.07 Å². The summed E-state index contributed by atoms with van der Waals surface area (Å²) in [6.45, 7) is 1.49. The van der Waals surface area contributed by atoms with Crippen molar-refractivity contribution in [2.75, 3.05) is 5.32 Å². The minimum Gasteiger partial charge on any atom is -0.481 e. The van der Waals surface area contributed by atoms with Crippen molar-refractivity contribution in [3.63, 3.8) is 0 Å². The Morgan fingerprint density at radius 1 is 0.933 bits per heavy atom. The molecule has 0 radical (unpaired) electrons. The number of anilines is 1. The SMILES string of the molecule is C[C@@H](Oc1ccc(F)cc1)C(=O)NNC(=O)c1ccc(NC(=O)c2ccco2)cc1. The van der Waals surface area contributed by atoms with Crippen molar-refractivity contribution in [2.45, 2.75) is 13.0 Å². The van der Waals surface area contributed by atoms with Crippen molar-refractivity contribution >= 4 is 23.4 Å². The summed E-state index contributed by atoms with van der Waals surface area (Å²) >= 11 is 0. The highest BCUT2D eigenvalue weighted by Gasteiger charge is 2.16. The van der Waals surface area contributed by atoms with Crippen molar-refractivity contribution in [3.8, 4) is 5.75 Å². The molecule has 0 unspecified atom stereocenters. The quantitative estimate of drug-likeness (QED) is 0.541. The molecule has 0 fully saturated rings. The predicted molar refractivity (Wildman–Crippen MR) is 105 cm³/mol. The molecule has 0 aliphatic rings. The average Bonchev–Trinajstić information content (AvgIpc) is 3.29. The van der Waals surface area contributed by atoms with Gasteiger partial charge in [0.15, 0.2) is 11.9 Å². The Kier molecular flexibility index (Phi) is 6.43. The molecule has 0 saturated carbocycles. The summed E-state index contributed by atoms with van der Waals surface area (Å²) in [6.07, 6.45) is 0.470. The highest BCUT2D eigenvalue weighted by atomic mass is 19.1. The molecule has 1 atom stereocenters. The number of halogens is 1. The number of furan rings is 1. The molecule has 1 heterocycles. The van der Waals surface area contributed by atoms with Crippen molar-refractivity contribution in [2.24, 2.45) is 0 Å². The molecule has 0 aliphatic carbocycles. The van der Waals surface area contributed by atoms with Crippen LogP contribution in [0.15, 0.2) is 71.3 Å². The van der Waals surface area contributed by atoms with Crippen LogP contribution < -0.4 is 20.9 Å². The van der Waals surface area contributed by atoms with Crippen LogP contribution in [0.4, 0.5) is 10.1 Å². The largest absolute Gasteiger partial charge is 0.481 e. The van der Waals surface area contributed by atoms with Crippen molar-refractivity contribution < 1.29 is 27.9 Å². The van der Waals surface area contributed by atoms with Gasteiger partial charge < -0.3 is 14.5 Å². The average molecular weight is 411 g/mol. The lowest BCUT2D eigenvalue weighted by Gasteiger charge is -2.15. The van der Waals surface area contributed by atoms with Crippen LogP contribution in [0.25, 0.3) is 0 Å². The highest BCUT2D eigenvalue weighted by molar-refractivity contribution is 6.02. The van der Waals surface area contributed by atoms with E-state index in [0.29, 0.717) is 11.4 Å². The molecule has 154 valence electrons. The number of carbonyl (C=O) groups is 3. The summed E-state index contributed by atoms with van der Waals surface area (Å²) in [4.78, 5) is 36.2. The van der Waals surface area contributed by atoms with Gasteiger partial charge in [-0.25, -0.2) is 4.39 Å². The van der Waals surface area contributed by atoms with Gasteiger partial charge in [0.25, 0.3) is 17.7 Å². The third kappa shape index (κ3) is 5.44. The number of hydrogen-bond acceptors (Lipinski definition) is 5. The number of rotatable bonds is 6. The summed E-state index contributed by atoms with van der Waals surface area (Å²) < 4.78 is 23.3. The maximum atomic E-state index is 12.9. The van der Waals surface area contributed by atoms with Gasteiger partial charge >= 0.3 is 0 Å². The summed E-state index contributed by atoms with van der Waals surface area (Å²) in [5.74, 6) is -1.50. The number of hydrogen-bond donors (Lipinski definition) is 3. The first-order chi connectivity index (χ1) is 14.4. The molecule has 0 aliphatic heterocycles. The number of benzene rings is 2. The molecule has 2 aromatic carbocycles. The maximum absolute atomic E-state index is 12.9. The number of ether oxygens (including phenoxy) is 1. The standard InChI is InChI=1S/C21H18FN3O5/c1-13(30-17-10-6-15(22)7-11-17)19(26)24-25-20(27)14-4-8-16(9-5-14)23-21(28)18-3-2-12-29-18/h2-13H,1H3,(H,23,28)(H,24,26)(H,25,27)/t13-/m1/s1. The minimum absolute atomic E-state index is 0.163. The number of carbonyl (C=O) groups excluding carboxylic acids is 3. The molecule has 3 rings (SSSR count). The van der Waals surface area contributed by atoms with Gasteiger partial charge in [-0.1, -0.05) is 0 Å².